The standard InChI is InChI=1S/C32H43N3O5/c1-4-19-33(23-13-9-7-10-14-23)29(37)26-25-17-18-32(40-25)27(26)30(38)35(22(6-3)21-36)28(32)31(39)34(20-5-2)24-15-11-8-12-16-24/h4-5,7,9-10,13-14,22,24-28,36H,1-2,6,8,11-12,15-21H2,3H3/t22-,25-,26+,27-,28?,32?/m0/s1. The second-order valence-corrected chi connectivity index (χ2v) is 11.7. The van der Waals surface area contributed by atoms with Crippen LogP contribution < -0.4 is 4.90 Å². The van der Waals surface area contributed by atoms with E-state index < -0.39 is 35.6 Å². The Morgan fingerprint density at radius 2 is 1.80 bits per heavy atom. The summed E-state index contributed by atoms with van der Waals surface area (Å²) in [5.74, 6) is -2.07. The van der Waals surface area contributed by atoms with Crippen molar-refractivity contribution in [3.05, 3.63) is 55.6 Å². The molecule has 1 aromatic rings. The van der Waals surface area contributed by atoms with Crippen LogP contribution >= 0.6 is 0 Å². The Balaban J connectivity index is 1.55. The van der Waals surface area contributed by atoms with Crippen LogP contribution in [-0.4, -0.2) is 82.2 Å². The lowest BCUT2D eigenvalue weighted by Crippen LogP contribution is -2.60. The molecule has 1 spiro atoms. The molecule has 1 N–H and O–H groups in total. The Labute approximate surface area is 237 Å². The van der Waals surface area contributed by atoms with Gasteiger partial charge in [-0.2, -0.15) is 0 Å². The maximum absolute atomic E-state index is 14.6. The number of anilines is 1. The minimum Gasteiger partial charge on any atom is -0.394 e. The van der Waals surface area contributed by atoms with Crippen LogP contribution in [0.25, 0.3) is 0 Å². The third-order valence-corrected chi connectivity index (χ3v) is 9.60. The second kappa shape index (κ2) is 11.9. The minimum absolute atomic E-state index is 0.0815. The minimum atomic E-state index is -1.09. The van der Waals surface area contributed by atoms with E-state index in [0.29, 0.717) is 32.4 Å². The van der Waals surface area contributed by atoms with Crippen LogP contribution in [0, 0.1) is 11.8 Å². The van der Waals surface area contributed by atoms with Gasteiger partial charge >= 0.3 is 0 Å². The van der Waals surface area contributed by atoms with Crippen LogP contribution in [-0.2, 0) is 19.1 Å². The van der Waals surface area contributed by atoms with Crippen molar-refractivity contribution in [2.45, 2.75) is 88.1 Å². The zero-order chi connectivity index (χ0) is 28.4. The molecule has 8 heteroatoms. The number of aliphatic hydroxyl groups is 1. The quantitative estimate of drug-likeness (QED) is 0.425. The van der Waals surface area contributed by atoms with Crippen molar-refractivity contribution in [2.24, 2.45) is 11.8 Å². The summed E-state index contributed by atoms with van der Waals surface area (Å²) in [5.41, 5.74) is -0.359. The first kappa shape index (κ1) is 28.6. The number of carbonyl (C=O) groups is 3. The highest BCUT2D eigenvalue weighted by Gasteiger charge is 2.75. The highest BCUT2D eigenvalue weighted by Crippen LogP contribution is 2.59. The Morgan fingerprint density at radius 3 is 2.42 bits per heavy atom. The van der Waals surface area contributed by atoms with Crippen molar-refractivity contribution in [3.8, 4) is 0 Å². The van der Waals surface area contributed by atoms with Gasteiger partial charge in [-0.15, -0.1) is 13.2 Å². The van der Waals surface area contributed by atoms with E-state index in [9.17, 15) is 19.5 Å². The fourth-order valence-corrected chi connectivity index (χ4v) is 7.81. The first-order valence-corrected chi connectivity index (χ1v) is 14.9. The van der Waals surface area contributed by atoms with Crippen molar-refractivity contribution >= 4 is 23.4 Å². The SMILES string of the molecule is C=CCN(C(=O)[C@@H]1[C@@H]2CCC3(O2)C(C(=O)N(CC=C)C2CCCCC2)N([C@@H](CC)CO)C(=O)[C@H]13)c1ccccc1. The molecule has 8 nitrogen and oxygen atoms in total. The van der Waals surface area contributed by atoms with Gasteiger partial charge in [0, 0.05) is 24.8 Å². The molecule has 4 aliphatic rings. The molecule has 1 aliphatic carbocycles. The van der Waals surface area contributed by atoms with Gasteiger partial charge in [0.15, 0.2) is 0 Å². The molecule has 3 saturated heterocycles. The predicted molar refractivity (Wildman–Crippen MR) is 153 cm³/mol. The van der Waals surface area contributed by atoms with Gasteiger partial charge in [0.05, 0.1) is 30.6 Å². The van der Waals surface area contributed by atoms with Crippen LogP contribution in [0.15, 0.2) is 55.6 Å². The molecule has 1 saturated carbocycles. The number of rotatable bonds is 11. The Hall–Kier alpha value is -2.97. The van der Waals surface area contributed by atoms with Crippen LogP contribution in [0.1, 0.15) is 58.3 Å². The lowest BCUT2D eigenvalue weighted by Gasteiger charge is -2.42. The summed E-state index contributed by atoms with van der Waals surface area (Å²) in [4.78, 5) is 48.4. The number of benzene rings is 1. The molecule has 1 aromatic carbocycles. The van der Waals surface area contributed by atoms with Gasteiger partial charge in [-0.1, -0.05) is 56.5 Å². The number of amides is 3. The molecule has 0 aromatic heterocycles. The van der Waals surface area contributed by atoms with E-state index in [4.69, 9.17) is 4.74 Å². The number of nitrogens with zero attached hydrogens (tertiary/aromatic N) is 3. The maximum atomic E-state index is 14.6. The zero-order valence-corrected chi connectivity index (χ0v) is 23.6. The van der Waals surface area contributed by atoms with E-state index in [2.05, 4.69) is 13.2 Å². The Kier molecular flexibility index (Phi) is 8.47. The van der Waals surface area contributed by atoms with E-state index in [1.165, 1.54) is 0 Å². The summed E-state index contributed by atoms with van der Waals surface area (Å²) >= 11 is 0. The highest BCUT2D eigenvalue weighted by molar-refractivity contribution is 6.03. The van der Waals surface area contributed by atoms with Crippen LogP contribution in [0.4, 0.5) is 5.69 Å². The number of hydrogen-bond acceptors (Lipinski definition) is 5. The van der Waals surface area contributed by atoms with Gasteiger partial charge in [-0.3, -0.25) is 14.4 Å². The van der Waals surface area contributed by atoms with Crippen molar-refractivity contribution in [2.75, 3.05) is 24.6 Å². The number of aliphatic hydroxyl groups excluding tert-OH is 1. The van der Waals surface area contributed by atoms with Crippen LogP contribution in [0.2, 0.25) is 0 Å². The average Bonchev–Trinajstić information content (AvgIpc) is 3.63. The molecule has 3 heterocycles. The average molecular weight is 550 g/mol. The largest absolute Gasteiger partial charge is 0.394 e. The van der Waals surface area contributed by atoms with Gasteiger partial charge in [0.1, 0.15) is 11.6 Å². The molecule has 3 amide bonds. The number of likely N-dealkylation sites (tertiary alicyclic amines) is 1. The Morgan fingerprint density at radius 1 is 1.10 bits per heavy atom. The van der Waals surface area contributed by atoms with Crippen molar-refractivity contribution < 1.29 is 24.2 Å². The van der Waals surface area contributed by atoms with Crippen molar-refractivity contribution in [3.63, 3.8) is 0 Å². The summed E-state index contributed by atoms with van der Waals surface area (Å²) in [6.45, 7) is 10.1. The van der Waals surface area contributed by atoms with Gasteiger partial charge in [-0.05, 0) is 44.2 Å². The second-order valence-electron chi connectivity index (χ2n) is 11.7. The van der Waals surface area contributed by atoms with Crippen molar-refractivity contribution in [1.82, 2.24) is 9.80 Å². The topological polar surface area (TPSA) is 90.4 Å². The molecule has 216 valence electrons. The lowest BCUT2D eigenvalue weighted by atomic mass is 9.70. The van der Waals surface area contributed by atoms with E-state index >= 15 is 0 Å². The summed E-state index contributed by atoms with van der Waals surface area (Å²) in [6, 6.07) is 8.06. The highest BCUT2D eigenvalue weighted by atomic mass is 16.5. The number of fused-ring (bicyclic) bond motifs is 1. The van der Waals surface area contributed by atoms with Gasteiger partial charge < -0.3 is 24.5 Å². The number of para-hydroxylation sites is 1. The third-order valence-electron chi connectivity index (χ3n) is 9.60. The van der Waals surface area contributed by atoms with E-state index in [1.807, 2.05) is 42.2 Å². The van der Waals surface area contributed by atoms with E-state index in [0.717, 1.165) is 37.8 Å². The molecule has 2 bridgehead atoms. The summed E-state index contributed by atoms with van der Waals surface area (Å²) in [5, 5.41) is 10.3. The number of ether oxygens (including phenoxy) is 1. The number of carbonyl (C=O) groups excluding carboxylic acids is 3. The molecule has 0 radical (unpaired) electrons. The summed E-state index contributed by atoms with van der Waals surface area (Å²) < 4.78 is 6.68. The summed E-state index contributed by atoms with van der Waals surface area (Å²) in [7, 11) is 0. The van der Waals surface area contributed by atoms with Gasteiger partial charge in [0.2, 0.25) is 17.7 Å². The Bertz CT molecular complexity index is 1110. The van der Waals surface area contributed by atoms with E-state index in [1.54, 1.807) is 22.0 Å². The van der Waals surface area contributed by atoms with E-state index in [-0.39, 0.29) is 30.4 Å². The van der Waals surface area contributed by atoms with Crippen molar-refractivity contribution in [1.29, 1.82) is 0 Å². The predicted octanol–water partition coefficient (Wildman–Crippen LogP) is 3.70. The molecule has 6 atom stereocenters. The zero-order valence-electron chi connectivity index (χ0n) is 23.6. The monoisotopic (exact) mass is 549 g/mol. The van der Waals surface area contributed by atoms with Gasteiger partial charge in [-0.25, -0.2) is 0 Å². The van der Waals surface area contributed by atoms with Crippen LogP contribution in [0.5, 0.6) is 0 Å². The molecular weight excluding hydrogens is 506 g/mol. The first-order valence-electron chi connectivity index (χ1n) is 14.9. The molecule has 4 fully saturated rings. The molecular formula is C32H43N3O5. The molecule has 5 rings (SSSR count). The fraction of sp³-hybridized carbons (Fsp3) is 0.594. The van der Waals surface area contributed by atoms with Gasteiger partial charge in [0.25, 0.3) is 0 Å². The smallest absolute Gasteiger partial charge is 0.248 e. The molecule has 3 aliphatic heterocycles. The number of hydrogen-bond donors (Lipinski definition) is 1. The third kappa shape index (κ3) is 4.59. The maximum Gasteiger partial charge on any atom is 0.248 e. The molecule has 2 unspecified atom stereocenters. The lowest BCUT2D eigenvalue weighted by molar-refractivity contribution is -0.153. The first-order chi connectivity index (χ1) is 19.4. The summed E-state index contributed by atoms with van der Waals surface area (Å²) in [6.07, 6.45) is 9.76. The molecule has 40 heavy (non-hydrogen) atoms. The fourth-order valence-electron chi connectivity index (χ4n) is 7.81. The van der Waals surface area contributed by atoms with Crippen LogP contribution in [0.3, 0.4) is 0 Å². The normalized spacial score (nSPS) is 30.1.